The third-order valence-electron chi connectivity index (χ3n) is 2.33. The zero-order chi connectivity index (χ0) is 11.5. The first-order valence-corrected chi connectivity index (χ1v) is 5.78. The minimum Gasteiger partial charge on any atom is -0.496 e. The smallest absolute Gasteiger partial charge is 0.127 e. The van der Waals surface area contributed by atoms with E-state index in [0.717, 1.165) is 26.9 Å². The third-order valence-corrected chi connectivity index (χ3v) is 3.50. The summed E-state index contributed by atoms with van der Waals surface area (Å²) in [7, 11) is 1.65. The van der Waals surface area contributed by atoms with Crippen LogP contribution in [0.3, 0.4) is 0 Å². The molecule has 3 nitrogen and oxygen atoms in total. The molecule has 1 heterocycles. The van der Waals surface area contributed by atoms with Crippen LogP contribution in [0.15, 0.2) is 24.3 Å². The molecule has 1 aromatic carbocycles. The number of benzene rings is 1. The Balaban J connectivity index is 2.53. The van der Waals surface area contributed by atoms with Crippen molar-refractivity contribution in [1.29, 1.82) is 0 Å². The van der Waals surface area contributed by atoms with Gasteiger partial charge in [0.25, 0.3) is 0 Å². The quantitative estimate of drug-likeness (QED) is 0.889. The number of aliphatic hydroxyl groups excluding tert-OH is 1. The number of methoxy groups -OCH3 is 1. The van der Waals surface area contributed by atoms with Gasteiger partial charge in [0.15, 0.2) is 0 Å². The van der Waals surface area contributed by atoms with E-state index in [1.165, 1.54) is 11.3 Å². The van der Waals surface area contributed by atoms with Crippen LogP contribution in [0.25, 0.3) is 10.4 Å². The summed E-state index contributed by atoms with van der Waals surface area (Å²) < 4.78 is 5.31. The zero-order valence-electron chi connectivity index (χ0n) is 9.23. The van der Waals surface area contributed by atoms with Gasteiger partial charge < -0.3 is 9.84 Å². The van der Waals surface area contributed by atoms with Crippen molar-refractivity contribution in [2.45, 2.75) is 13.5 Å². The van der Waals surface area contributed by atoms with E-state index in [4.69, 9.17) is 9.84 Å². The van der Waals surface area contributed by atoms with Crippen molar-refractivity contribution >= 4 is 11.3 Å². The summed E-state index contributed by atoms with van der Waals surface area (Å²) in [6, 6.07) is 7.83. The minimum absolute atomic E-state index is 0.0132. The van der Waals surface area contributed by atoms with Crippen molar-refractivity contribution < 1.29 is 9.84 Å². The number of para-hydroxylation sites is 1. The van der Waals surface area contributed by atoms with Crippen LogP contribution >= 0.6 is 11.3 Å². The number of rotatable bonds is 3. The first kappa shape index (κ1) is 11.1. The number of hydrogen-bond donors (Lipinski definition) is 1. The molecule has 0 aliphatic heterocycles. The maximum absolute atomic E-state index is 9.07. The van der Waals surface area contributed by atoms with Gasteiger partial charge in [-0.05, 0) is 19.1 Å². The molecule has 1 aromatic heterocycles. The molecule has 2 rings (SSSR count). The van der Waals surface area contributed by atoms with Gasteiger partial charge >= 0.3 is 0 Å². The van der Waals surface area contributed by atoms with Gasteiger partial charge in [-0.15, -0.1) is 11.3 Å². The molecule has 0 saturated carbocycles. The third kappa shape index (κ3) is 1.94. The Morgan fingerprint density at radius 2 is 2.12 bits per heavy atom. The van der Waals surface area contributed by atoms with Crippen LogP contribution in [0.4, 0.5) is 0 Å². The summed E-state index contributed by atoms with van der Waals surface area (Å²) in [4.78, 5) is 5.35. The van der Waals surface area contributed by atoms with Gasteiger partial charge in [0.05, 0.1) is 24.3 Å². The van der Waals surface area contributed by atoms with E-state index >= 15 is 0 Å². The Morgan fingerprint density at radius 3 is 2.75 bits per heavy atom. The van der Waals surface area contributed by atoms with E-state index in [0.29, 0.717) is 0 Å². The molecule has 4 heteroatoms. The average molecular weight is 235 g/mol. The van der Waals surface area contributed by atoms with E-state index in [1.807, 2.05) is 31.2 Å². The molecule has 2 aromatic rings. The molecule has 0 saturated heterocycles. The fraction of sp³-hybridized carbons (Fsp3) is 0.250. The van der Waals surface area contributed by atoms with Crippen LogP contribution in [0.2, 0.25) is 0 Å². The van der Waals surface area contributed by atoms with Crippen LogP contribution in [0.5, 0.6) is 5.75 Å². The second-order valence-corrected chi connectivity index (χ2v) is 4.46. The maximum Gasteiger partial charge on any atom is 0.127 e. The normalized spacial score (nSPS) is 10.4. The van der Waals surface area contributed by atoms with Gasteiger partial charge in [-0.1, -0.05) is 12.1 Å². The van der Waals surface area contributed by atoms with Gasteiger partial charge in [0.2, 0.25) is 0 Å². The second kappa shape index (κ2) is 4.63. The lowest BCUT2D eigenvalue weighted by Crippen LogP contribution is -1.86. The van der Waals surface area contributed by atoms with E-state index in [9.17, 15) is 0 Å². The Kier molecular flexibility index (Phi) is 3.22. The molecule has 0 atom stereocenters. The summed E-state index contributed by atoms with van der Waals surface area (Å²) in [5, 5.41) is 9.80. The number of ether oxygens (including phenoxy) is 1. The molecule has 0 bridgehead atoms. The molecule has 0 radical (unpaired) electrons. The molecule has 1 N–H and O–H groups in total. The molecule has 16 heavy (non-hydrogen) atoms. The van der Waals surface area contributed by atoms with Gasteiger partial charge in [0.1, 0.15) is 10.8 Å². The van der Waals surface area contributed by atoms with E-state index in [2.05, 4.69) is 4.98 Å². The number of nitrogens with zero attached hydrogens (tertiary/aromatic N) is 1. The number of hydrogen-bond acceptors (Lipinski definition) is 4. The minimum atomic E-state index is -0.0132. The predicted molar refractivity (Wildman–Crippen MR) is 64.8 cm³/mol. The van der Waals surface area contributed by atoms with Gasteiger partial charge in [-0.2, -0.15) is 0 Å². The molecule has 0 spiro atoms. The average Bonchev–Trinajstić information content (AvgIpc) is 2.70. The van der Waals surface area contributed by atoms with Gasteiger partial charge in [-0.3, -0.25) is 0 Å². The molecule has 0 fully saturated rings. The second-order valence-electron chi connectivity index (χ2n) is 3.38. The molecular weight excluding hydrogens is 222 g/mol. The van der Waals surface area contributed by atoms with Crippen molar-refractivity contribution in [3.05, 3.63) is 35.0 Å². The van der Waals surface area contributed by atoms with Crippen molar-refractivity contribution in [3.63, 3.8) is 0 Å². The highest BCUT2D eigenvalue weighted by atomic mass is 32.1. The van der Waals surface area contributed by atoms with Crippen LogP contribution < -0.4 is 4.74 Å². The summed E-state index contributed by atoms with van der Waals surface area (Å²) in [6.45, 7) is 1.93. The van der Waals surface area contributed by atoms with Crippen LogP contribution in [0.1, 0.15) is 10.7 Å². The molecule has 0 aliphatic rings. The first-order chi connectivity index (χ1) is 7.76. The van der Waals surface area contributed by atoms with Crippen molar-refractivity contribution in [1.82, 2.24) is 4.98 Å². The standard InChI is InChI=1S/C12H13NO2S/c1-8-12(16-11(7-14)13-8)9-5-3-4-6-10(9)15-2/h3-6,14H,7H2,1-2H3. The summed E-state index contributed by atoms with van der Waals surface area (Å²) in [5.41, 5.74) is 1.96. The predicted octanol–water partition coefficient (Wildman–Crippen LogP) is 2.62. The van der Waals surface area contributed by atoms with E-state index in [-0.39, 0.29) is 6.61 Å². The Morgan fingerprint density at radius 1 is 1.38 bits per heavy atom. The van der Waals surface area contributed by atoms with Crippen molar-refractivity contribution in [3.8, 4) is 16.2 Å². The fourth-order valence-electron chi connectivity index (χ4n) is 1.60. The summed E-state index contributed by atoms with van der Waals surface area (Å²) in [6.07, 6.45) is 0. The van der Waals surface area contributed by atoms with Gasteiger partial charge in [-0.25, -0.2) is 4.98 Å². The lowest BCUT2D eigenvalue weighted by Gasteiger charge is -2.06. The topological polar surface area (TPSA) is 42.4 Å². The van der Waals surface area contributed by atoms with E-state index < -0.39 is 0 Å². The van der Waals surface area contributed by atoms with Gasteiger partial charge in [0, 0.05) is 5.56 Å². The Labute approximate surface area is 98.4 Å². The maximum atomic E-state index is 9.07. The lowest BCUT2D eigenvalue weighted by molar-refractivity contribution is 0.281. The largest absolute Gasteiger partial charge is 0.496 e. The highest BCUT2D eigenvalue weighted by molar-refractivity contribution is 7.15. The SMILES string of the molecule is COc1ccccc1-c1sc(CO)nc1C. The molecule has 0 amide bonds. The summed E-state index contributed by atoms with van der Waals surface area (Å²) in [5.74, 6) is 0.832. The van der Waals surface area contributed by atoms with E-state index in [1.54, 1.807) is 7.11 Å². The van der Waals surface area contributed by atoms with Crippen LogP contribution in [-0.2, 0) is 6.61 Å². The number of aliphatic hydroxyl groups is 1. The number of aromatic nitrogens is 1. The molecule has 84 valence electrons. The Hall–Kier alpha value is -1.39. The lowest BCUT2D eigenvalue weighted by atomic mass is 10.1. The highest BCUT2D eigenvalue weighted by Crippen LogP contribution is 2.36. The highest BCUT2D eigenvalue weighted by Gasteiger charge is 2.12. The number of aryl methyl sites for hydroxylation is 1. The van der Waals surface area contributed by atoms with Crippen LogP contribution in [0, 0.1) is 6.92 Å². The Bertz CT molecular complexity index is 494. The molecule has 0 aliphatic carbocycles. The number of thiazole rings is 1. The summed E-state index contributed by atoms with van der Waals surface area (Å²) >= 11 is 1.50. The molecular formula is C12H13NO2S. The van der Waals surface area contributed by atoms with Crippen molar-refractivity contribution in [2.75, 3.05) is 7.11 Å². The van der Waals surface area contributed by atoms with Crippen molar-refractivity contribution in [2.24, 2.45) is 0 Å². The zero-order valence-corrected chi connectivity index (χ0v) is 10.0. The first-order valence-electron chi connectivity index (χ1n) is 4.96. The monoisotopic (exact) mass is 235 g/mol. The molecule has 0 unspecified atom stereocenters. The van der Waals surface area contributed by atoms with Crippen LogP contribution in [-0.4, -0.2) is 17.2 Å². The fourth-order valence-corrected chi connectivity index (χ4v) is 2.56.